The van der Waals surface area contributed by atoms with E-state index in [0.29, 0.717) is 17.8 Å². The molecule has 0 spiro atoms. The molecule has 1 amide bonds. The van der Waals surface area contributed by atoms with E-state index in [4.69, 9.17) is 0 Å². The summed E-state index contributed by atoms with van der Waals surface area (Å²) in [7, 11) is -2.07. The molecule has 6 heteroatoms. The molecule has 0 aliphatic rings. The third-order valence-corrected chi connectivity index (χ3v) is 6.91. The number of carbonyl (C=O) groups excluding carboxylic acids is 1. The molecule has 3 rings (SSSR count). The highest BCUT2D eigenvalue weighted by molar-refractivity contribution is 7.92. The van der Waals surface area contributed by atoms with Crippen LogP contribution in [0.1, 0.15) is 28.4 Å². The summed E-state index contributed by atoms with van der Waals surface area (Å²) in [6.07, 6.45) is 0. The Labute approximate surface area is 178 Å². The lowest BCUT2D eigenvalue weighted by molar-refractivity contribution is 0.0784. The van der Waals surface area contributed by atoms with Crippen molar-refractivity contribution in [2.45, 2.75) is 25.3 Å². The molecule has 5 nitrogen and oxygen atoms in total. The van der Waals surface area contributed by atoms with Crippen LogP contribution in [-0.4, -0.2) is 32.8 Å². The maximum atomic E-state index is 13.2. The molecule has 0 saturated carbocycles. The SMILES string of the molecule is CCN(c1ccccc1)S(=O)(=O)c1cccc(C(=O)N(C)Cc2ccccc2C)c1. The molecular formula is C24H26N2O3S. The van der Waals surface area contributed by atoms with Crippen LogP contribution < -0.4 is 4.31 Å². The number of amides is 1. The Morgan fingerprint density at radius 2 is 1.57 bits per heavy atom. The van der Waals surface area contributed by atoms with Crippen LogP contribution in [0.5, 0.6) is 0 Å². The molecule has 3 aromatic rings. The molecule has 0 fully saturated rings. The number of anilines is 1. The average molecular weight is 423 g/mol. The second-order valence-corrected chi connectivity index (χ2v) is 8.98. The zero-order valence-corrected chi connectivity index (χ0v) is 18.3. The lowest BCUT2D eigenvalue weighted by Crippen LogP contribution is -2.31. The van der Waals surface area contributed by atoms with Crippen LogP contribution in [0.25, 0.3) is 0 Å². The summed E-state index contributed by atoms with van der Waals surface area (Å²) >= 11 is 0. The summed E-state index contributed by atoms with van der Waals surface area (Å²) in [4.78, 5) is 14.7. The first-order valence-corrected chi connectivity index (χ1v) is 11.3. The van der Waals surface area contributed by atoms with Gasteiger partial charge in [0.15, 0.2) is 0 Å². The number of nitrogens with zero attached hydrogens (tertiary/aromatic N) is 2. The molecule has 0 aliphatic carbocycles. The second-order valence-electron chi connectivity index (χ2n) is 7.12. The number of sulfonamides is 1. The highest BCUT2D eigenvalue weighted by atomic mass is 32.2. The van der Waals surface area contributed by atoms with Gasteiger partial charge in [-0.25, -0.2) is 8.42 Å². The van der Waals surface area contributed by atoms with Crippen molar-refractivity contribution in [1.82, 2.24) is 4.90 Å². The topological polar surface area (TPSA) is 57.7 Å². The Kier molecular flexibility index (Phi) is 6.57. The molecule has 0 saturated heterocycles. The Balaban J connectivity index is 1.88. The van der Waals surface area contributed by atoms with Crippen LogP contribution in [0.2, 0.25) is 0 Å². The quantitative estimate of drug-likeness (QED) is 0.564. The van der Waals surface area contributed by atoms with Gasteiger partial charge < -0.3 is 4.90 Å². The van der Waals surface area contributed by atoms with Gasteiger partial charge in [-0.2, -0.15) is 0 Å². The highest BCUT2D eigenvalue weighted by Crippen LogP contribution is 2.24. The van der Waals surface area contributed by atoms with Crippen LogP contribution in [-0.2, 0) is 16.6 Å². The van der Waals surface area contributed by atoms with Crippen molar-refractivity contribution in [2.75, 3.05) is 17.9 Å². The number of para-hydroxylation sites is 1. The summed E-state index contributed by atoms with van der Waals surface area (Å²) < 4.78 is 27.8. The van der Waals surface area contributed by atoms with E-state index in [-0.39, 0.29) is 17.3 Å². The predicted octanol–water partition coefficient (Wildman–Crippen LogP) is 4.48. The molecule has 0 aromatic heterocycles. The van der Waals surface area contributed by atoms with E-state index in [1.165, 1.54) is 16.4 Å². The maximum Gasteiger partial charge on any atom is 0.264 e. The zero-order chi connectivity index (χ0) is 21.7. The van der Waals surface area contributed by atoms with E-state index < -0.39 is 10.0 Å². The minimum absolute atomic E-state index is 0.100. The summed E-state index contributed by atoms with van der Waals surface area (Å²) in [6, 6.07) is 23.1. The standard InChI is InChI=1S/C24H26N2O3S/c1-4-26(22-14-6-5-7-15-22)30(28,29)23-16-10-13-20(17-23)24(27)25(3)18-21-12-9-8-11-19(21)2/h5-17H,4,18H2,1-3H3. The fourth-order valence-corrected chi connectivity index (χ4v) is 4.86. The molecule has 30 heavy (non-hydrogen) atoms. The van der Waals surface area contributed by atoms with Gasteiger partial charge in [-0.3, -0.25) is 9.10 Å². The molecule has 0 radical (unpaired) electrons. The minimum atomic E-state index is -3.79. The summed E-state index contributed by atoms with van der Waals surface area (Å²) in [5.41, 5.74) is 3.10. The van der Waals surface area contributed by atoms with E-state index >= 15 is 0 Å². The molecule has 0 aliphatic heterocycles. The normalized spacial score (nSPS) is 11.2. The van der Waals surface area contributed by atoms with Crippen molar-refractivity contribution in [2.24, 2.45) is 0 Å². The van der Waals surface area contributed by atoms with Crippen molar-refractivity contribution in [1.29, 1.82) is 0 Å². The minimum Gasteiger partial charge on any atom is -0.337 e. The third-order valence-electron chi connectivity index (χ3n) is 5.02. The zero-order valence-electron chi connectivity index (χ0n) is 17.4. The van der Waals surface area contributed by atoms with Gasteiger partial charge in [0.1, 0.15) is 0 Å². The van der Waals surface area contributed by atoms with Crippen molar-refractivity contribution >= 4 is 21.6 Å². The lowest BCUT2D eigenvalue weighted by atomic mass is 10.1. The molecule has 156 valence electrons. The first kappa shape index (κ1) is 21.6. The first-order chi connectivity index (χ1) is 14.3. The van der Waals surface area contributed by atoms with E-state index in [0.717, 1.165) is 11.1 Å². The Morgan fingerprint density at radius 1 is 0.900 bits per heavy atom. The molecule has 0 atom stereocenters. The van der Waals surface area contributed by atoms with Gasteiger partial charge in [0.2, 0.25) is 0 Å². The van der Waals surface area contributed by atoms with Gasteiger partial charge in [-0.1, -0.05) is 48.5 Å². The Morgan fingerprint density at radius 3 is 2.23 bits per heavy atom. The summed E-state index contributed by atoms with van der Waals surface area (Å²) in [5, 5.41) is 0. The van der Waals surface area contributed by atoms with Gasteiger partial charge >= 0.3 is 0 Å². The molecule has 0 N–H and O–H groups in total. The van der Waals surface area contributed by atoms with Crippen molar-refractivity contribution < 1.29 is 13.2 Å². The van der Waals surface area contributed by atoms with Gasteiger partial charge in [0, 0.05) is 25.7 Å². The fourth-order valence-electron chi connectivity index (χ4n) is 3.34. The third kappa shape index (κ3) is 4.54. The molecule has 3 aromatic carbocycles. The molecule has 0 unspecified atom stereocenters. The van der Waals surface area contributed by atoms with Crippen LogP contribution in [0.15, 0.2) is 83.8 Å². The van der Waals surface area contributed by atoms with E-state index in [1.54, 1.807) is 55.3 Å². The van der Waals surface area contributed by atoms with Crippen LogP contribution >= 0.6 is 0 Å². The largest absolute Gasteiger partial charge is 0.337 e. The van der Waals surface area contributed by atoms with E-state index in [9.17, 15) is 13.2 Å². The second kappa shape index (κ2) is 9.13. The van der Waals surface area contributed by atoms with E-state index in [1.807, 2.05) is 37.3 Å². The van der Waals surface area contributed by atoms with Gasteiger partial charge in [-0.05, 0) is 55.3 Å². The van der Waals surface area contributed by atoms with Crippen LogP contribution in [0.4, 0.5) is 5.69 Å². The average Bonchev–Trinajstić information content (AvgIpc) is 2.76. The lowest BCUT2D eigenvalue weighted by Gasteiger charge is -2.23. The summed E-state index contributed by atoms with van der Waals surface area (Å²) in [5.74, 6) is -0.224. The van der Waals surface area contributed by atoms with E-state index in [2.05, 4.69) is 0 Å². The fraction of sp³-hybridized carbons (Fsp3) is 0.208. The maximum absolute atomic E-state index is 13.2. The Hall–Kier alpha value is -3.12. The number of rotatable bonds is 7. The van der Waals surface area contributed by atoms with Crippen molar-refractivity contribution in [3.05, 3.63) is 95.6 Å². The smallest absolute Gasteiger partial charge is 0.264 e. The summed E-state index contributed by atoms with van der Waals surface area (Å²) in [6.45, 7) is 4.53. The number of benzene rings is 3. The van der Waals surface area contributed by atoms with Gasteiger partial charge in [-0.15, -0.1) is 0 Å². The number of hydrogen-bond donors (Lipinski definition) is 0. The highest BCUT2D eigenvalue weighted by Gasteiger charge is 2.25. The number of aryl methyl sites for hydroxylation is 1. The van der Waals surface area contributed by atoms with Crippen LogP contribution in [0, 0.1) is 6.92 Å². The van der Waals surface area contributed by atoms with Gasteiger partial charge in [0.25, 0.3) is 15.9 Å². The van der Waals surface area contributed by atoms with Crippen molar-refractivity contribution in [3.63, 3.8) is 0 Å². The number of hydrogen-bond acceptors (Lipinski definition) is 3. The van der Waals surface area contributed by atoms with Crippen LogP contribution in [0.3, 0.4) is 0 Å². The van der Waals surface area contributed by atoms with Crippen molar-refractivity contribution in [3.8, 4) is 0 Å². The molecule has 0 heterocycles. The monoisotopic (exact) mass is 422 g/mol. The predicted molar refractivity (Wildman–Crippen MR) is 120 cm³/mol. The molecule has 0 bridgehead atoms. The first-order valence-electron chi connectivity index (χ1n) is 9.82. The van der Waals surface area contributed by atoms with Gasteiger partial charge in [0.05, 0.1) is 10.6 Å². The Bertz CT molecular complexity index is 1130. The number of carbonyl (C=O) groups is 1. The molecular weight excluding hydrogens is 396 g/mol.